The summed E-state index contributed by atoms with van der Waals surface area (Å²) in [5, 5.41) is 0. The second kappa shape index (κ2) is 9.30. The molecule has 3 aromatic rings. The summed E-state index contributed by atoms with van der Waals surface area (Å²) >= 11 is 0. The second-order valence-electron chi connectivity index (χ2n) is 8.23. The number of rotatable bonds is 7. The number of aryl methyl sites for hydroxylation is 1. The largest absolute Gasteiger partial charge is 0.454 e. The molecule has 7 nitrogen and oxygen atoms in total. The number of anilines is 1. The molecule has 0 fully saturated rings. The van der Waals surface area contributed by atoms with Crippen molar-refractivity contribution < 1.29 is 22.7 Å². The average molecular weight is 479 g/mol. The van der Waals surface area contributed by atoms with Crippen molar-refractivity contribution in [2.24, 2.45) is 7.05 Å². The van der Waals surface area contributed by atoms with Crippen LogP contribution in [0.4, 0.5) is 5.69 Å². The lowest BCUT2D eigenvalue weighted by Crippen LogP contribution is -2.29. The average Bonchev–Trinajstić information content (AvgIpc) is 3.38. The predicted molar refractivity (Wildman–Crippen MR) is 130 cm³/mol. The van der Waals surface area contributed by atoms with E-state index in [1.165, 1.54) is 28.6 Å². The quantitative estimate of drug-likeness (QED) is 0.293. The van der Waals surface area contributed by atoms with Crippen molar-refractivity contribution in [2.75, 3.05) is 17.5 Å². The Hall–Kier alpha value is -3.65. The molecule has 1 aromatic heterocycles. The molecule has 34 heavy (non-hydrogen) atoms. The summed E-state index contributed by atoms with van der Waals surface area (Å²) in [7, 11) is -1.80. The topological polar surface area (TPSA) is 85.7 Å². The maximum Gasteiger partial charge on any atom is 0.331 e. The number of benzene rings is 2. The van der Waals surface area contributed by atoms with E-state index in [9.17, 15) is 18.0 Å². The molecule has 0 saturated carbocycles. The van der Waals surface area contributed by atoms with E-state index in [2.05, 4.69) is 0 Å². The highest BCUT2D eigenvalue weighted by molar-refractivity contribution is 7.92. The molecule has 1 aliphatic rings. The first-order valence-electron chi connectivity index (χ1n) is 10.9. The summed E-state index contributed by atoms with van der Waals surface area (Å²) in [6, 6.07) is 15.5. The van der Waals surface area contributed by atoms with Gasteiger partial charge in [0.15, 0.2) is 6.61 Å². The van der Waals surface area contributed by atoms with Crippen LogP contribution in [-0.2, 0) is 33.0 Å². The van der Waals surface area contributed by atoms with Crippen molar-refractivity contribution >= 4 is 33.5 Å². The van der Waals surface area contributed by atoms with Crippen LogP contribution < -0.4 is 4.31 Å². The van der Waals surface area contributed by atoms with E-state index >= 15 is 0 Å². The zero-order chi connectivity index (χ0) is 24.5. The van der Waals surface area contributed by atoms with E-state index in [0.29, 0.717) is 29.8 Å². The molecule has 176 valence electrons. The van der Waals surface area contributed by atoms with Crippen molar-refractivity contribution in [3.8, 4) is 0 Å². The molecule has 0 saturated heterocycles. The lowest BCUT2D eigenvalue weighted by Gasteiger charge is -2.19. The molecule has 0 aliphatic carbocycles. The van der Waals surface area contributed by atoms with Crippen molar-refractivity contribution in [1.29, 1.82) is 0 Å². The maximum atomic E-state index is 13.1. The monoisotopic (exact) mass is 478 g/mol. The van der Waals surface area contributed by atoms with Crippen molar-refractivity contribution in [3.05, 3.63) is 88.8 Å². The minimum atomic E-state index is -3.67. The number of aromatic nitrogens is 1. The number of nitrogens with zero attached hydrogens (tertiary/aromatic N) is 2. The Balaban J connectivity index is 1.38. The van der Waals surface area contributed by atoms with Gasteiger partial charge in [0, 0.05) is 36.6 Å². The standard InChI is InChI=1S/C26H26N2O5S/c1-18-16-23(19(2)27(18)3)25(29)17-33-26(30)13-10-20-8-11-22(12-9-20)34(31,32)28-15-14-21-6-4-5-7-24(21)28/h4-13,16H,14-15,17H2,1-3H3/b13-10+. The normalized spacial score (nSPS) is 13.3. The van der Waals surface area contributed by atoms with Gasteiger partial charge < -0.3 is 9.30 Å². The van der Waals surface area contributed by atoms with Crippen molar-refractivity contribution in [3.63, 3.8) is 0 Å². The number of sulfonamides is 1. The van der Waals surface area contributed by atoms with Gasteiger partial charge >= 0.3 is 5.97 Å². The number of ether oxygens (including phenoxy) is 1. The summed E-state index contributed by atoms with van der Waals surface area (Å²) in [6.07, 6.45) is 3.42. The Morgan fingerprint density at radius 2 is 1.76 bits per heavy atom. The van der Waals surface area contributed by atoms with Gasteiger partial charge in [-0.1, -0.05) is 30.3 Å². The van der Waals surface area contributed by atoms with E-state index in [1.54, 1.807) is 18.2 Å². The van der Waals surface area contributed by atoms with Crippen LogP contribution in [0.5, 0.6) is 0 Å². The molecule has 0 N–H and O–H groups in total. The molecular formula is C26H26N2O5S. The predicted octanol–water partition coefficient (Wildman–Crippen LogP) is 3.83. The first-order chi connectivity index (χ1) is 16.2. The van der Waals surface area contributed by atoms with Gasteiger partial charge in [0.1, 0.15) is 0 Å². The highest BCUT2D eigenvalue weighted by atomic mass is 32.2. The third kappa shape index (κ3) is 4.54. The maximum absolute atomic E-state index is 13.1. The van der Waals surface area contributed by atoms with Gasteiger partial charge in [0.25, 0.3) is 10.0 Å². The summed E-state index contributed by atoms with van der Waals surface area (Å²) in [5.74, 6) is -0.912. The van der Waals surface area contributed by atoms with Gasteiger partial charge in [0.2, 0.25) is 5.78 Å². The van der Waals surface area contributed by atoms with E-state index in [4.69, 9.17) is 4.74 Å². The minimum Gasteiger partial charge on any atom is -0.454 e. The van der Waals surface area contributed by atoms with Gasteiger partial charge in [-0.15, -0.1) is 0 Å². The van der Waals surface area contributed by atoms with Crippen LogP contribution in [0, 0.1) is 13.8 Å². The number of para-hydroxylation sites is 1. The van der Waals surface area contributed by atoms with Gasteiger partial charge in [-0.25, -0.2) is 13.2 Å². The van der Waals surface area contributed by atoms with Gasteiger partial charge in [-0.2, -0.15) is 0 Å². The number of Topliss-reactive ketones (excluding diaryl/α,β-unsaturated/α-hetero) is 1. The molecular weight excluding hydrogens is 452 g/mol. The second-order valence-corrected chi connectivity index (χ2v) is 10.1. The number of esters is 1. The zero-order valence-electron chi connectivity index (χ0n) is 19.3. The summed E-state index contributed by atoms with van der Waals surface area (Å²) in [4.78, 5) is 24.6. The number of hydrogen-bond acceptors (Lipinski definition) is 5. The molecule has 1 aliphatic heterocycles. The van der Waals surface area contributed by atoms with Gasteiger partial charge in [0.05, 0.1) is 10.6 Å². The van der Waals surface area contributed by atoms with Crippen LogP contribution in [0.15, 0.2) is 65.6 Å². The first-order valence-corrected chi connectivity index (χ1v) is 12.3. The Bertz CT molecular complexity index is 1390. The number of carbonyl (C=O) groups is 2. The molecule has 0 atom stereocenters. The van der Waals surface area contributed by atoms with Crippen LogP contribution in [0.25, 0.3) is 6.08 Å². The molecule has 4 rings (SSSR count). The molecule has 2 aromatic carbocycles. The fraction of sp³-hybridized carbons (Fsp3) is 0.231. The molecule has 0 radical (unpaired) electrons. The molecule has 0 spiro atoms. The van der Waals surface area contributed by atoms with E-state index in [1.807, 2.05) is 49.7 Å². The Labute approximate surface area is 199 Å². The summed E-state index contributed by atoms with van der Waals surface area (Å²) < 4.78 is 34.6. The van der Waals surface area contributed by atoms with Crippen LogP contribution in [0.2, 0.25) is 0 Å². The van der Waals surface area contributed by atoms with Crippen LogP contribution in [-0.4, -0.2) is 37.9 Å². The Morgan fingerprint density at radius 3 is 2.44 bits per heavy atom. The third-order valence-electron chi connectivity index (χ3n) is 6.15. The van der Waals surface area contributed by atoms with E-state index in [0.717, 1.165) is 17.0 Å². The van der Waals surface area contributed by atoms with Gasteiger partial charge in [-0.05, 0) is 61.7 Å². The fourth-order valence-electron chi connectivity index (χ4n) is 4.00. The highest BCUT2D eigenvalue weighted by Crippen LogP contribution is 2.32. The SMILES string of the molecule is Cc1cc(C(=O)COC(=O)/C=C/c2ccc(S(=O)(=O)N3CCc4ccccc43)cc2)c(C)n1C. The number of ketones is 1. The lowest BCUT2D eigenvalue weighted by molar-refractivity contribution is -0.136. The van der Waals surface area contributed by atoms with E-state index < -0.39 is 16.0 Å². The molecule has 0 unspecified atom stereocenters. The highest BCUT2D eigenvalue weighted by Gasteiger charge is 2.30. The number of fused-ring (bicyclic) bond motifs is 1. The van der Waals surface area contributed by atoms with Crippen LogP contribution in [0.1, 0.15) is 32.9 Å². The van der Waals surface area contributed by atoms with Crippen molar-refractivity contribution in [1.82, 2.24) is 4.57 Å². The van der Waals surface area contributed by atoms with Crippen LogP contribution >= 0.6 is 0 Å². The summed E-state index contributed by atoms with van der Waals surface area (Å²) in [6.45, 7) is 3.81. The molecule has 2 heterocycles. The Kier molecular flexibility index (Phi) is 6.43. The minimum absolute atomic E-state index is 0.183. The zero-order valence-corrected chi connectivity index (χ0v) is 20.1. The molecule has 8 heteroatoms. The van der Waals surface area contributed by atoms with Gasteiger partial charge in [-0.3, -0.25) is 9.10 Å². The molecule has 0 bridgehead atoms. The lowest BCUT2D eigenvalue weighted by atomic mass is 10.1. The fourth-order valence-corrected chi connectivity index (χ4v) is 5.50. The van der Waals surface area contributed by atoms with E-state index in [-0.39, 0.29) is 17.3 Å². The third-order valence-corrected chi connectivity index (χ3v) is 7.97. The first kappa shape index (κ1) is 23.5. The number of carbonyl (C=O) groups excluding carboxylic acids is 2. The smallest absolute Gasteiger partial charge is 0.331 e. The molecule has 0 amide bonds. The number of hydrogen-bond donors (Lipinski definition) is 0. The van der Waals surface area contributed by atoms with Crippen LogP contribution in [0.3, 0.4) is 0 Å². The van der Waals surface area contributed by atoms with Crippen molar-refractivity contribution in [2.45, 2.75) is 25.2 Å². The Morgan fingerprint density at radius 1 is 1.06 bits per heavy atom. The summed E-state index contributed by atoms with van der Waals surface area (Å²) in [5.41, 5.74) is 4.67.